The fourth-order valence-electron chi connectivity index (χ4n) is 3.31. The Morgan fingerprint density at radius 2 is 1.82 bits per heavy atom. The van der Waals surface area contributed by atoms with E-state index in [1.807, 2.05) is 0 Å². The molecule has 3 aliphatic rings. The van der Waals surface area contributed by atoms with Crippen molar-refractivity contribution in [3.63, 3.8) is 0 Å². The van der Waals surface area contributed by atoms with Crippen molar-refractivity contribution in [2.24, 2.45) is 0 Å². The van der Waals surface area contributed by atoms with Gasteiger partial charge in [0, 0.05) is 11.4 Å². The highest BCUT2D eigenvalue weighted by Crippen LogP contribution is 2.34. The molecule has 1 aliphatic carbocycles. The molecule has 2 N–H and O–H groups in total. The van der Waals surface area contributed by atoms with E-state index in [1.54, 1.807) is 42.5 Å². The van der Waals surface area contributed by atoms with Gasteiger partial charge in [-0.25, -0.2) is 4.79 Å². The Morgan fingerprint density at radius 1 is 1.12 bits per heavy atom. The van der Waals surface area contributed by atoms with E-state index >= 15 is 0 Å². The van der Waals surface area contributed by atoms with Gasteiger partial charge >= 0.3 is 6.09 Å². The van der Waals surface area contributed by atoms with Crippen molar-refractivity contribution >= 4 is 35.2 Å². The number of hydrogen-bond acceptors (Lipinski definition) is 6. The second-order valence-corrected chi connectivity index (χ2v) is 8.73. The molecule has 2 heterocycles. The number of carbonyl (C=O) groups is 2. The lowest BCUT2D eigenvalue weighted by molar-refractivity contribution is 0.0622. The molecule has 0 unspecified atom stereocenters. The van der Waals surface area contributed by atoms with Crippen LogP contribution in [-0.4, -0.2) is 37.0 Å². The van der Waals surface area contributed by atoms with Gasteiger partial charge < -0.3 is 24.8 Å². The molecule has 1 fully saturated rings. The highest BCUT2D eigenvalue weighted by atomic mass is 35.5. The van der Waals surface area contributed by atoms with Crippen LogP contribution in [0.3, 0.4) is 0 Å². The van der Waals surface area contributed by atoms with E-state index in [1.165, 1.54) is 6.07 Å². The van der Waals surface area contributed by atoms with E-state index in [9.17, 15) is 14.9 Å². The summed E-state index contributed by atoms with van der Waals surface area (Å²) in [6.07, 6.45) is 2.87. The van der Waals surface area contributed by atoms with Gasteiger partial charge in [0.2, 0.25) is 0 Å². The zero-order valence-corrected chi connectivity index (χ0v) is 19.5. The van der Waals surface area contributed by atoms with Crippen LogP contribution in [0.1, 0.15) is 28.8 Å². The van der Waals surface area contributed by atoms with Gasteiger partial charge in [-0.1, -0.05) is 29.3 Å². The van der Waals surface area contributed by atoms with Gasteiger partial charge in [-0.05, 0) is 60.9 Å². The summed E-state index contributed by atoms with van der Waals surface area (Å²) in [5.74, 6) is 0.265. The SMILES string of the molecule is N#CC1(NC(=O)O[C@H]2Cc3ccc(c(Cl)c3)OC/C=C/COc3ccc(Cl)cc3C(=O)N2)CC1. The molecule has 2 aromatic rings. The molecular weight excluding hydrogens is 481 g/mol. The second kappa shape index (κ2) is 10.2. The number of amides is 2. The number of carbonyl (C=O) groups excluding carboxylic acids is 2. The van der Waals surface area contributed by atoms with E-state index in [2.05, 4.69) is 16.7 Å². The number of benzene rings is 2. The van der Waals surface area contributed by atoms with Crippen molar-refractivity contribution in [3.8, 4) is 17.6 Å². The lowest BCUT2D eigenvalue weighted by Gasteiger charge is -2.22. The van der Waals surface area contributed by atoms with Crippen LogP contribution in [0.4, 0.5) is 4.79 Å². The Balaban J connectivity index is 1.62. The minimum Gasteiger partial charge on any atom is -0.489 e. The minimum atomic E-state index is -1.07. The Bertz CT molecular complexity index is 1170. The van der Waals surface area contributed by atoms with E-state index in [0.29, 0.717) is 39.9 Å². The van der Waals surface area contributed by atoms with Crippen LogP contribution < -0.4 is 20.1 Å². The number of fused-ring (bicyclic) bond motifs is 9. The van der Waals surface area contributed by atoms with Crippen LogP contribution in [0.25, 0.3) is 0 Å². The van der Waals surface area contributed by atoms with Gasteiger partial charge in [-0.15, -0.1) is 0 Å². The zero-order chi connectivity index (χ0) is 24.1. The molecule has 10 heteroatoms. The maximum atomic E-state index is 13.1. The normalized spacial score (nSPS) is 19.9. The molecule has 1 saturated carbocycles. The number of nitriles is 1. The third-order valence-corrected chi connectivity index (χ3v) is 5.82. The molecule has 2 amide bonds. The molecule has 176 valence electrons. The van der Waals surface area contributed by atoms with Crippen LogP contribution in [0.2, 0.25) is 10.0 Å². The first-order chi connectivity index (χ1) is 16.4. The molecule has 1 atom stereocenters. The van der Waals surface area contributed by atoms with Gasteiger partial charge in [-0.2, -0.15) is 5.26 Å². The van der Waals surface area contributed by atoms with Crippen LogP contribution >= 0.6 is 23.2 Å². The zero-order valence-electron chi connectivity index (χ0n) is 18.0. The third kappa shape index (κ3) is 5.93. The average Bonchev–Trinajstić information content (AvgIpc) is 3.57. The van der Waals surface area contributed by atoms with Crippen LogP contribution in [0.5, 0.6) is 11.5 Å². The van der Waals surface area contributed by atoms with E-state index in [4.69, 9.17) is 37.4 Å². The van der Waals surface area contributed by atoms with Crippen LogP contribution in [-0.2, 0) is 11.2 Å². The van der Waals surface area contributed by atoms with Gasteiger partial charge in [0.25, 0.3) is 5.91 Å². The summed E-state index contributed by atoms with van der Waals surface area (Å²) in [7, 11) is 0. The molecule has 2 aliphatic heterocycles. The van der Waals surface area contributed by atoms with Crippen molar-refractivity contribution in [1.82, 2.24) is 10.6 Å². The number of nitrogens with one attached hydrogen (secondary N) is 2. The van der Waals surface area contributed by atoms with Crippen LogP contribution in [0.15, 0.2) is 48.6 Å². The van der Waals surface area contributed by atoms with Crippen molar-refractivity contribution in [2.45, 2.75) is 31.0 Å². The molecule has 0 spiro atoms. The maximum Gasteiger partial charge on any atom is 0.410 e. The van der Waals surface area contributed by atoms with Gasteiger partial charge in [-0.3, -0.25) is 4.79 Å². The summed E-state index contributed by atoms with van der Waals surface area (Å²) in [5, 5.41) is 15.2. The van der Waals surface area contributed by atoms with Crippen LogP contribution in [0, 0.1) is 11.3 Å². The monoisotopic (exact) mass is 501 g/mol. The number of nitrogens with zero attached hydrogens (tertiary/aromatic N) is 1. The lowest BCUT2D eigenvalue weighted by Crippen LogP contribution is -2.45. The van der Waals surface area contributed by atoms with Crippen molar-refractivity contribution in [2.75, 3.05) is 13.2 Å². The predicted molar refractivity (Wildman–Crippen MR) is 125 cm³/mol. The number of alkyl carbamates (subject to hydrolysis) is 1. The Kier molecular flexibility index (Phi) is 7.15. The topological polar surface area (TPSA) is 110 Å². The predicted octanol–water partition coefficient (Wildman–Crippen LogP) is 4.40. The summed E-state index contributed by atoms with van der Waals surface area (Å²) < 4.78 is 16.9. The van der Waals surface area contributed by atoms with Gasteiger partial charge in [0.05, 0.1) is 16.7 Å². The number of halogens is 2. The smallest absolute Gasteiger partial charge is 0.410 e. The van der Waals surface area contributed by atoms with Gasteiger partial charge in [0.15, 0.2) is 6.23 Å². The van der Waals surface area contributed by atoms with E-state index in [-0.39, 0.29) is 25.2 Å². The summed E-state index contributed by atoms with van der Waals surface area (Å²) in [6.45, 7) is 0.472. The van der Waals surface area contributed by atoms with Gasteiger partial charge in [0.1, 0.15) is 30.3 Å². The molecule has 34 heavy (non-hydrogen) atoms. The van der Waals surface area contributed by atoms with Crippen molar-refractivity contribution in [1.29, 1.82) is 5.26 Å². The first-order valence-electron chi connectivity index (χ1n) is 10.6. The van der Waals surface area contributed by atoms with Crippen molar-refractivity contribution in [3.05, 3.63) is 69.7 Å². The van der Waals surface area contributed by atoms with Crippen molar-refractivity contribution < 1.29 is 23.8 Å². The maximum absolute atomic E-state index is 13.1. The summed E-state index contributed by atoms with van der Waals surface area (Å²) in [4.78, 5) is 25.6. The summed E-state index contributed by atoms with van der Waals surface area (Å²) in [5.41, 5.74) is -0.0344. The van der Waals surface area contributed by atoms with E-state index < -0.39 is 23.8 Å². The number of hydrogen-bond donors (Lipinski definition) is 2. The Hall–Kier alpha value is -3.41. The quantitative estimate of drug-likeness (QED) is 0.590. The highest BCUT2D eigenvalue weighted by molar-refractivity contribution is 6.32. The largest absolute Gasteiger partial charge is 0.489 e. The molecule has 2 aromatic carbocycles. The molecule has 5 rings (SSSR count). The van der Waals surface area contributed by atoms with E-state index in [0.717, 1.165) is 0 Å². The molecule has 8 nitrogen and oxygen atoms in total. The molecular formula is C24H21Cl2N3O5. The highest BCUT2D eigenvalue weighted by Gasteiger charge is 2.45. The summed E-state index contributed by atoms with van der Waals surface area (Å²) >= 11 is 12.5. The Labute approximate surface area is 206 Å². The minimum absolute atomic E-state index is 0.120. The molecule has 0 aromatic heterocycles. The fraction of sp³-hybridized carbons (Fsp3) is 0.292. The molecule has 0 radical (unpaired) electrons. The third-order valence-electron chi connectivity index (χ3n) is 5.29. The number of rotatable bonds is 2. The molecule has 0 saturated heterocycles. The second-order valence-electron chi connectivity index (χ2n) is 7.89. The summed E-state index contributed by atoms with van der Waals surface area (Å²) in [6, 6.07) is 11.9. The average molecular weight is 502 g/mol. The standard InChI is InChI=1S/C24H21Cl2N3O5/c25-16-4-6-19-17(13-16)22(30)28-21(34-23(31)29-24(14-27)7-8-24)12-15-3-5-20(18(26)11-15)33-10-2-1-9-32-19/h1-6,11,13,21H,7-10,12H2,(H,28,30)(H,29,31)/b2-1+/t21-/m0/s1. The fourth-order valence-corrected chi connectivity index (χ4v) is 3.74. The number of ether oxygens (including phenoxy) is 3. The first-order valence-corrected chi connectivity index (χ1v) is 11.3. The lowest BCUT2D eigenvalue weighted by atomic mass is 10.1. The first kappa shape index (κ1) is 23.7. The Morgan fingerprint density at radius 3 is 2.50 bits per heavy atom. The molecule has 2 bridgehead atoms.